The van der Waals surface area contributed by atoms with Gasteiger partial charge in [0, 0.05) is 32.3 Å². The van der Waals surface area contributed by atoms with Crippen molar-refractivity contribution in [1.82, 2.24) is 9.80 Å². The number of hydrogen-bond acceptors (Lipinski definition) is 6. The maximum absolute atomic E-state index is 14.9. The number of carbonyl (C=O) groups is 1. The molecule has 0 saturated carbocycles. The molecule has 0 aliphatic carbocycles. The first kappa shape index (κ1) is 23.8. The van der Waals surface area contributed by atoms with E-state index in [9.17, 15) is 9.18 Å². The number of allylic oxidation sites excluding steroid dienone is 1. The predicted octanol–water partition coefficient (Wildman–Crippen LogP) is 2.31. The normalized spacial score (nSPS) is 18.5. The van der Waals surface area contributed by atoms with Gasteiger partial charge in [0.05, 0.1) is 30.5 Å². The molecule has 2 saturated heterocycles. The van der Waals surface area contributed by atoms with Crippen LogP contribution in [0.2, 0.25) is 0 Å². The number of amides is 1. The average Bonchev–Trinajstić information content (AvgIpc) is 3.12. The van der Waals surface area contributed by atoms with Gasteiger partial charge >= 0.3 is 6.09 Å². The quantitative estimate of drug-likeness (QED) is 0.490. The van der Waals surface area contributed by atoms with Crippen molar-refractivity contribution in [2.45, 2.75) is 18.9 Å². The van der Waals surface area contributed by atoms with Crippen LogP contribution in [0.5, 0.6) is 0 Å². The molecular formula is C22H29FN6O2S. The van der Waals surface area contributed by atoms with Crippen molar-refractivity contribution >= 4 is 34.8 Å². The van der Waals surface area contributed by atoms with Crippen LogP contribution in [0, 0.1) is 17.1 Å². The van der Waals surface area contributed by atoms with Gasteiger partial charge in [-0.1, -0.05) is 5.57 Å². The predicted molar refractivity (Wildman–Crippen MR) is 126 cm³/mol. The Morgan fingerprint density at radius 3 is 2.69 bits per heavy atom. The summed E-state index contributed by atoms with van der Waals surface area (Å²) in [6.07, 6.45) is 2.12. The number of cyclic esters (lactones) is 1. The summed E-state index contributed by atoms with van der Waals surface area (Å²) in [5.41, 5.74) is 7.86. The van der Waals surface area contributed by atoms with Crippen LogP contribution in [0.25, 0.3) is 0 Å². The van der Waals surface area contributed by atoms with Crippen LogP contribution in [-0.2, 0) is 4.74 Å². The van der Waals surface area contributed by atoms with Crippen LogP contribution < -0.4 is 15.5 Å². The molecule has 0 radical (unpaired) electrons. The molecule has 2 heterocycles. The maximum Gasteiger partial charge on any atom is 0.414 e. The minimum Gasteiger partial charge on any atom is -0.442 e. The molecule has 2 N–H and O–H groups in total. The van der Waals surface area contributed by atoms with Crippen LogP contribution in [-0.4, -0.2) is 80.5 Å². The number of likely N-dealkylation sites (N-methyl/N-ethyl adjacent to an activating group) is 1. The molecule has 172 valence electrons. The van der Waals surface area contributed by atoms with Gasteiger partial charge in [0.2, 0.25) is 0 Å². The molecule has 0 spiro atoms. The largest absolute Gasteiger partial charge is 0.442 e. The third kappa shape index (κ3) is 5.87. The van der Waals surface area contributed by atoms with Gasteiger partial charge in [0.1, 0.15) is 11.9 Å². The zero-order valence-corrected chi connectivity index (χ0v) is 19.3. The number of thiocarbonyl (C=S) groups is 1. The van der Waals surface area contributed by atoms with E-state index >= 15 is 0 Å². The van der Waals surface area contributed by atoms with E-state index in [1.165, 1.54) is 11.0 Å². The smallest absolute Gasteiger partial charge is 0.414 e. The first-order valence-electron chi connectivity index (χ1n) is 10.6. The number of halogens is 1. The highest BCUT2D eigenvalue weighted by Gasteiger charge is 2.34. The first-order chi connectivity index (χ1) is 15.3. The number of hydrogen-bond donors (Lipinski definition) is 1. The molecule has 1 aromatic rings. The van der Waals surface area contributed by atoms with E-state index in [2.05, 4.69) is 6.07 Å². The van der Waals surface area contributed by atoms with Crippen LogP contribution >= 0.6 is 12.2 Å². The number of anilines is 2. The first-order valence-corrected chi connectivity index (χ1v) is 11.0. The number of carbonyl (C=O) groups excluding carboxylic acids is 1. The van der Waals surface area contributed by atoms with E-state index in [1.54, 1.807) is 18.2 Å². The molecule has 0 aromatic heterocycles. The number of nitrogens with two attached hydrogens (primary N) is 1. The average molecular weight is 461 g/mol. The lowest BCUT2D eigenvalue weighted by Gasteiger charge is -2.30. The van der Waals surface area contributed by atoms with Crippen molar-refractivity contribution in [2.75, 3.05) is 63.2 Å². The summed E-state index contributed by atoms with van der Waals surface area (Å²) in [4.78, 5) is 19.7. The molecule has 8 nitrogen and oxygen atoms in total. The van der Waals surface area contributed by atoms with Crippen LogP contribution in [0.15, 0.2) is 29.8 Å². The second-order valence-electron chi connectivity index (χ2n) is 8.26. The van der Waals surface area contributed by atoms with Gasteiger partial charge in [-0.05, 0) is 57.4 Å². The minimum absolute atomic E-state index is 0.256. The molecule has 2 fully saturated rings. The van der Waals surface area contributed by atoms with E-state index in [1.807, 2.05) is 28.8 Å². The Hall–Kier alpha value is -2.90. The lowest BCUT2D eigenvalue weighted by molar-refractivity contribution is 0.125. The van der Waals surface area contributed by atoms with Gasteiger partial charge in [-0.3, -0.25) is 4.90 Å². The number of benzene rings is 1. The summed E-state index contributed by atoms with van der Waals surface area (Å²) >= 11 is 5.13. The lowest BCUT2D eigenvalue weighted by Crippen LogP contribution is -2.44. The van der Waals surface area contributed by atoms with Gasteiger partial charge < -0.3 is 25.2 Å². The van der Waals surface area contributed by atoms with Gasteiger partial charge in [0.15, 0.2) is 5.11 Å². The number of nitrogens with zero attached hydrogens (tertiary/aromatic N) is 5. The molecule has 1 aromatic carbocycles. The lowest BCUT2D eigenvalue weighted by atomic mass is 10.0. The van der Waals surface area contributed by atoms with Crippen molar-refractivity contribution in [1.29, 1.82) is 5.26 Å². The molecule has 2 aliphatic heterocycles. The highest BCUT2D eigenvalue weighted by atomic mass is 32.1. The van der Waals surface area contributed by atoms with Crippen molar-refractivity contribution in [3.05, 3.63) is 35.7 Å². The zero-order valence-electron chi connectivity index (χ0n) is 18.5. The van der Waals surface area contributed by atoms with E-state index in [-0.39, 0.29) is 10.9 Å². The number of nitriles is 1. The third-order valence-corrected chi connectivity index (χ3v) is 5.94. The second-order valence-corrected chi connectivity index (χ2v) is 8.68. The summed E-state index contributed by atoms with van der Waals surface area (Å²) in [6, 6.07) is 6.86. The fraction of sp³-hybridized carbons (Fsp3) is 0.500. The Kier molecular flexibility index (Phi) is 7.88. The zero-order chi connectivity index (χ0) is 23.3. The summed E-state index contributed by atoms with van der Waals surface area (Å²) in [5, 5.41) is 9.04. The Balaban J connectivity index is 1.64. The SMILES string of the molecule is CN(C)CCN(C[C@@H]1CN(c2ccc(N3CCC(=CC#N)CC3)c(F)c2)C(=O)O1)C(N)=S. The summed E-state index contributed by atoms with van der Waals surface area (Å²) in [5.74, 6) is -0.387. The van der Waals surface area contributed by atoms with Crippen LogP contribution in [0.1, 0.15) is 12.8 Å². The highest BCUT2D eigenvalue weighted by molar-refractivity contribution is 7.80. The topological polar surface area (TPSA) is 89.1 Å². The monoisotopic (exact) mass is 460 g/mol. The fourth-order valence-electron chi connectivity index (χ4n) is 3.88. The van der Waals surface area contributed by atoms with E-state index < -0.39 is 12.2 Å². The Morgan fingerprint density at radius 2 is 2.09 bits per heavy atom. The van der Waals surface area contributed by atoms with E-state index in [0.717, 1.165) is 25.0 Å². The molecule has 0 unspecified atom stereocenters. The van der Waals surface area contributed by atoms with Crippen LogP contribution in [0.3, 0.4) is 0 Å². The molecular weight excluding hydrogens is 431 g/mol. The van der Waals surface area contributed by atoms with Gasteiger partial charge in [-0.15, -0.1) is 0 Å². The molecule has 1 atom stereocenters. The Labute approximate surface area is 193 Å². The van der Waals surface area contributed by atoms with E-state index in [4.69, 9.17) is 28.0 Å². The summed E-state index contributed by atoms with van der Waals surface area (Å²) in [7, 11) is 3.91. The minimum atomic E-state index is -0.512. The number of ether oxygens (including phenoxy) is 1. The molecule has 1 amide bonds. The number of rotatable bonds is 7. The summed E-state index contributed by atoms with van der Waals surface area (Å²) in [6.45, 7) is 3.38. The molecule has 32 heavy (non-hydrogen) atoms. The summed E-state index contributed by atoms with van der Waals surface area (Å²) < 4.78 is 20.4. The Bertz CT molecular complexity index is 921. The maximum atomic E-state index is 14.9. The molecule has 3 rings (SSSR count). The molecule has 0 bridgehead atoms. The highest BCUT2D eigenvalue weighted by Crippen LogP contribution is 2.30. The molecule has 2 aliphatic rings. The fourth-order valence-corrected chi connectivity index (χ4v) is 4.04. The van der Waals surface area contributed by atoms with E-state index in [0.29, 0.717) is 44.1 Å². The molecule has 10 heteroatoms. The number of piperidine rings is 1. The van der Waals surface area contributed by atoms with Crippen molar-refractivity contribution in [3.8, 4) is 6.07 Å². The third-order valence-electron chi connectivity index (χ3n) is 5.68. The van der Waals surface area contributed by atoms with Crippen molar-refractivity contribution in [3.63, 3.8) is 0 Å². The van der Waals surface area contributed by atoms with Crippen molar-refractivity contribution in [2.24, 2.45) is 5.73 Å². The van der Waals surface area contributed by atoms with Crippen molar-refractivity contribution < 1.29 is 13.9 Å². The van der Waals surface area contributed by atoms with Gasteiger partial charge in [0.25, 0.3) is 0 Å². The standard InChI is InChI=1S/C22H29FN6O2S/c1-26(2)11-12-28(21(25)32)14-18-15-29(22(30)31-18)17-3-4-20(19(23)13-17)27-9-6-16(5-8-24)7-10-27/h3-5,13,18H,6-7,9-12,14-15H2,1-2H3,(H2,25,32)/t18-/m1/s1. The second kappa shape index (κ2) is 10.6. The Morgan fingerprint density at radius 1 is 1.38 bits per heavy atom. The van der Waals surface area contributed by atoms with Gasteiger partial charge in [-0.2, -0.15) is 5.26 Å². The van der Waals surface area contributed by atoms with Crippen LogP contribution in [0.4, 0.5) is 20.6 Å². The van der Waals surface area contributed by atoms with Gasteiger partial charge in [-0.25, -0.2) is 9.18 Å².